The molecule has 0 radical (unpaired) electrons. The fraction of sp³-hybridized carbons (Fsp3) is 0.231. The summed E-state index contributed by atoms with van der Waals surface area (Å²) in [6.45, 7) is 0.507. The van der Waals surface area contributed by atoms with Crippen LogP contribution >= 0.6 is 0 Å². The molecule has 0 aliphatic heterocycles. The molecule has 2 aromatic rings. The zero-order valence-electron chi connectivity index (χ0n) is 10.9. The second-order valence-electron chi connectivity index (χ2n) is 4.26. The molecule has 0 atom stereocenters. The van der Waals surface area contributed by atoms with E-state index in [2.05, 4.69) is 10.4 Å². The minimum atomic E-state index is -0.468. The van der Waals surface area contributed by atoms with Crippen molar-refractivity contribution >= 4 is 11.4 Å². The van der Waals surface area contributed by atoms with E-state index < -0.39 is 4.92 Å². The molecule has 1 N–H and O–H groups in total. The zero-order chi connectivity index (χ0) is 14.5. The van der Waals surface area contributed by atoms with Crippen molar-refractivity contribution in [1.29, 1.82) is 5.26 Å². The summed E-state index contributed by atoms with van der Waals surface area (Å²) < 4.78 is 1.70. The standard InChI is InChI=1S/C13H13N5O2/c1-17-7-5-11(16-17)4-6-15-12-8-10(9-14)2-3-13(12)18(19)20/h2-3,5,7-8,15H,4,6H2,1H3. The van der Waals surface area contributed by atoms with E-state index in [1.165, 1.54) is 18.2 Å². The van der Waals surface area contributed by atoms with Gasteiger partial charge in [0.1, 0.15) is 5.69 Å². The summed E-state index contributed by atoms with van der Waals surface area (Å²) >= 11 is 0. The highest BCUT2D eigenvalue weighted by molar-refractivity contribution is 5.64. The highest BCUT2D eigenvalue weighted by atomic mass is 16.6. The Bertz CT molecular complexity index is 672. The molecular formula is C13H13N5O2. The van der Waals surface area contributed by atoms with Gasteiger partial charge < -0.3 is 5.32 Å². The molecule has 102 valence electrons. The van der Waals surface area contributed by atoms with Crippen LogP contribution in [0.5, 0.6) is 0 Å². The molecule has 1 aromatic heterocycles. The quantitative estimate of drug-likeness (QED) is 0.661. The van der Waals surface area contributed by atoms with Crippen molar-refractivity contribution in [3.05, 3.63) is 51.8 Å². The Hall–Kier alpha value is -2.88. The number of hydrogen-bond donors (Lipinski definition) is 1. The number of nitrogens with zero attached hydrogens (tertiary/aromatic N) is 4. The first-order chi connectivity index (χ1) is 9.60. The van der Waals surface area contributed by atoms with Crippen molar-refractivity contribution in [2.24, 2.45) is 7.05 Å². The van der Waals surface area contributed by atoms with Crippen LogP contribution < -0.4 is 5.32 Å². The van der Waals surface area contributed by atoms with Crippen LogP contribution in [-0.4, -0.2) is 21.2 Å². The summed E-state index contributed by atoms with van der Waals surface area (Å²) in [5.41, 5.74) is 1.60. The topological polar surface area (TPSA) is 96.8 Å². The van der Waals surface area contributed by atoms with E-state index in [1.54, 1.807) is 4.68 Å². The molecule has 1 heterocycles. The van der Waals surface area contributed by atoms with Crippen LogP contribution in [0.4, 0.5) is 11.4 Å². The highest BCUT2D eigenvalue weighted by Crippen LogP contribution is 2.25. The van der Waals surface area contributed by atoms with E-state index in [0.29, 0.717) is 24.2 Å². The number of rotatable bonds is 5. The maximum Gasteiger partial charge on any atom is 0.292 e. The van der Waals surface area contributed by atoms with Crippen LogP contribution in [-0.2, 0) is 13.5 Å². The third-order valence-electron chi connectivity index (χ3n) is 2.79. The summed E-state index contributed by atoms with van der Waals surface area (Å²) in [6, 6.07) is 8.11. The molecule has 2 rings (SSSR count). The van der Waals surface area contributed by atoms with Crippen molar-refractivity contribution in [1.82, 2.24) is 9.78 Å². The molecule has 0 spiro atoms. The number of benzene rings is 1. The largest absolute Gasteiger partial charge is 0.379 e. The maximum absolute atomic E-state index is 10.9. The van der Waals surface area contributed by atoms with E-state index in [1.807, 2.05) is 25.4 Å². The summed E-state index contributed by atoms with van der Waals surface area (Å²) in [5.74, 6) is 0. The predicted octanol–water partition coefficient (Wildman–Crippen LogP) is 1.85. The molecule has 0 bridgehead atoms. The summed E-state index contributed by atoms with van der Waals surface area (Å²) in [7, 11) is 1.83. The van der Waals surface area contributed by atoms with Crippen LogP contribution in [0.1, 0.15) is 11.3 Å². The normalized spacial score (nSPS) is 10.0. The Labute approximate surface area is 115 Å². The molecule has 0 saturated heterocycles. The third-order valence-corrected chi connectivity index (χ3v) is 2.79. The van der Waals surface area contributed by atoms with Crippen molar-refractivity contribution in [3.63, 3.8) is 0 Å². The average Bonchev–Trinajstić information content (AvgIpc) is 2.84. The Morgan fingerprint density at radius 1 is 1.50 bits per heavy atom. The molecule has 20 heavy (non-hydrogen) atoms. The van der Waals surface area contributed by atoms with Gasteiger partial charge in [-0.05, 0) is 18.2 Å². The molecule has 0 unspecified atom stereocenters. The number of nitro benzene ring substituents is 1. The van der Waals surface area contributed by atoms with Crippen molar-refractivity contribution < 1.29 is 4.92 Å². The van der Waals surface area contributed by atoms with Gasteiger partial charge in [-0.25, -0.2) is 0 Å². The number of nitrogens with one attached hydrogen (secondary N) is 1. The Morgan fingerprint density at radius 2 is 2.30 bits per heavy atom. The van der Waals surface area contributed by atoms with Gasteiger partial charge in [0.25, 0.3) is 5.69 Å². The lowest BCUT2D eigenvalue weighted by Gasteiger charge is -2.06. The van der Waals surface area contributed by atoms with Gasteiger partial charge in [0.2, 0.25) is 0 Å². The molecule has 0 saturated carbocycles. The summed E-state index contributed by atoms with van der Waals surface area (Å²) in [4.78, 5) is 10.5. The fourth-order valence-electron chi connectivity index (χ4n) is 1.83. The van der Waals surface area contributed by atoms with E-state index in [-0.39, 0.29) is 5.69 Å². The number of aryl methyl sites for hydroxylation is 1. The van der Waals surface area contributed by atoms with E-state index >= 15 is 0 Å². The molecule has 0 amide bonds. The minimum Gasteiger partial charge on any atom is -0.379 e. The Kier molecular flexibility index (Phi) is 3.96. The number of nitriles is 1. The monoisotopic (exact) mass is 271 g/mol. The Balaban J connectivity index is 2.07. The van der Waals surface area contributed by atoms with Crippen LogP contribution in [0.15, 0.2) is 30.5 Å². The summed E-state index contributed by atoms with van der Waals surface area (Å²) in [6.07, 6.45) is 2.49. The second-order valence-corrected chi connectivity index (χ2v) is 4.26. The predicted molar refractivity (Wildman–Crippen MR) is 73.2 cm³/mol. The van der Waals surface area contributed by atoms with Gasteiger partial charge in [-0.2, -0.15) is 10.4 Å². The number of nitro groups is 1. The van der Waals surface area contributed by atoms with Crippen LogP contribution in [0.2, 0.25) is 0 Å². The molecule has 7 nitrogen and oxygen atoms in total. The fourth-order valence-corrected chi connectivity index (χ4v) is 1.83. The Morgan fingerprint density at radius 3 is 2.90 bits per heavy atom. The number of anilines is 1. The third kappa shape index (κ3) is 3.11. The highest BCUT2D eigenvalue weighted by Gasteiger charge is 2.13. The van der Waals surface area contributed by atoms with Gasteiger partial charge in [-0.15, -0.1) is 0 Å². The number of hydrogen-bond acceptors (Lipinski definition) is 5. The molecule has 1 aromatic carbocycles. The van der Waals surface area contributed by atoms with Crippen molar-refractivity contribution in [3.8, 4) is 6.07 Å². The molecule has 7 heteroatoms. The van der Waals surface area contributed by atoms with Gasteiger partial charge in [0.05, 0.1) is 22.2 Å². The molecule has 0 aliphatic rings. The first-order valence-corrected chi connectivity index (χ1v) is 6.01. The van der Waals surface area contributed by atoms with Crippen LogP contribution in [0, 0.1) is 21.4 Å². The second kappa shape index (κ2) is 5.84. The lowest BCUT2D eigenvalue weighted by molar-refractivity contribution is -0.384. The van der Waals surface area contributed by atoms with E-state index in [0.717, 1.165) is 5.69 Å². The first-order valence-electron chi connectivity index (χ1n) is 6.01. The van der Waals surface area contributed by atoms with Gasteiger partial charge >= 0.3 is 0 Å². The average molecular weight is 271 g/mol. The van der Waals surface area contributed by atoms with Gasteiger partial charge in [0.15, 0.2) is 0 Å². The van der Waals surface area contributed by atoms with Gasteiger partial charge in [-0.3, -0.25) is 14.8 Å². The molecular weight excluding hydrogens is 258 g/mol. The smallest absolute Gasteiger partial charge is 0.292 e. The lowest BCUT2D eigenvalue weighted by Crippen LogP contribution is -2.07. The van der Waals surface area contributed by atoms with Crippen LogP contribution in [0.3, 0.4) is 0 Å². The lowest BCUT2D eigenvalue weighted by atomic mass is 10.2. The van der Waals surface area contributed by atoms with Crippen LogP contribution in [0.25, 0.3) is 0 Å². The maximum atomic E-state index is 10.9. The first kappa shape index (κ1) is 13.5. The minimum absolute atomic E-state index is 0.0370. The van der Waals surface area contributed by atoms with Gasteiger partial charge in [0, 0.05) is 32.3 Å². The van der Waals surface area contributed by atoms with Crippen molar-refractivity contribution in [2.75, 3.05) is 11.9 Å². The van der Waals surface area contributed by atoms with E-state index in [4.69, 9.17) is 5.26 Å². The molecule has 0 aliphatic carbocycles. The zero-order valence-corrected chi connectivity index (χ0v) is 10.9. The molecule has 0 fully saturated rings. The summed E-state index contributed by atoms with van der Waals surface area (Å²) in [5, 5.41) is 27.0. The number of aromatic nitrogens is 2. The van der Waals surface area contributed by atoms with Gasteiger partial charge in [-0.1, -0.05) is 0 Å². The van der Waals surface area contributed by atoms with Crippen molar-refractivity contribution in [2.45, 2.75) is 6.42 Å². The SMILES string of the molecule is Cn1ccc(CCNc2cc(C#N)ccc2[N+](=O)[O-])n1. The van der Waals surface area contributed by atoms with E-state index in [9.17, 15) is 10.1 Å².